The van der Waals surface area contributed by atoms with Gasteiger partial charge in [-0.2, -0.15) is 0 Å². The van der Waals surface area contributed by atoms with Gasteiger partial charge in [-0.05, 0) is 111 Å². The molecule has 3 nitrogen and oxygen atoms in total. The summed E-state index contributed by atoms with van der Waals surface area (Å²) in [5.41, 5.74) is 17.7. The fourth-order valence-corrected chi connectivity index (χ4v) is 10.4. The van der Waals surface area contributed by atoms with E-state index in [4.69, 9.17) is 4.42 Å². The first-order valence-electron chi connectivity index (χ1n) is 22.9. The van der Waals surface area contributed by atoms with E-state index >= 15 is 0 Å². The standard InChI is InChI=1S/C64H42N2O/c1-3-18-43(19-4-1)50-28-15-20-45-21-16-30-55(63(45)50)52-25-8-12-32-58(52)65(57-31-11-7-24-49(57)46-38-41-54-53-26-10-14-35-61(53)67-62(54)42-46)48-39-36-44(37-40-48)51-29-17-34-60-64(51)56-27-9-13-33-59(56)66(60)47-22-5-2-6-23-47/h1-42H. The molecule has 0 N–H and O–H groups in total. The summed E-state index contributed by atoms with van der Waals surface area (Å²) >= 11 is 0. The Balaban J connectivity index is 1.02. The van der Waals surface area contributed by atoms with Crippen molar-refractivity contribution in [1.29, 1.82) is 0 Å². The average molecular weight is 855 g/mol. The van der Waals surface area contributed by atoms with Gasteiger partial charge in [-0.25, -0.2) is 0 Å². The first-order valence-corrected chi connectivity index (χ1v) is 22.9. The van der Waals surface area contributed by atoms with Crippen molar-refractivity contribution in [1.82, 2.24) is 4.57 Å². The van der Waals surface area contributed by atoms with E-state index in [9.17, 15) is 0 Å². The molecule has 314 valence electrons. The Morgan fingerprint density at radius 3 is 1.64 bits per heavy atom. The molecule has 13 aromatic rings. The first kappa shape index (κ1) is 38.5. The summed E-state index contributed by atoms with van der Waals surface area (Å²) in [6.07, 6.45) is 0. The highest BCUT2D eigenvalue weighted by atomic mass is 16.3. The Kier molecular flexibility index (Phi) is 9.17. The van der Waals surface area contributed by atoms with Crippen molar-refractivity contribution >= 4 is 71.6 Å². The largest absolute Gasteiger partial charge is 0.456 e. The van der Waals surface area contributed by atoms with Crippen LogP contribution in [-0.4, -0.2) is 4.57 Å². The van der Waals surface area contributed by atoms with E-state index in [1.165, 1.54) is 54.8 Å². The molecule has 13 rings (SSSR count). The van der Waals surface area contributed by atoms with Crippen LogP contribution in [0.3, 0.4) is 0 Å². The molecule has 3 heteroatoms. The zero-order valence-corrected chi connectivity index (χ0v) is 36.6. The number of para-hydroxylation sites is 5. The molecule has 0 spiro atoms. The van der Waals surface area contributed by atoms with Gasteiger partial charge in [0.2, 0.25) is 0 Å². The summed E-state index contributed by atoms with van der Waals surface area (Å²) in [4.78, 5) is 2.45. The van der Waals surface area contributed by atoms with Gasteiger partial charge in [-0.1, -0.05) is 188 Å². The maximum atomic E-state index is 6.47. The van der Waals surface area contributed by atoms with Crippen molar-refractivity contribution in [3.63, 3.8) is 0 Å². The van der Waals surface area contributed by atoms with Crippen LogP contribution in [0.2, 0.25) is 0 Å². The van der Waals surface area contributed by atoms with Gasteiger partial charge >= 0.3 is 0 Å². The maximum Gasteiger partial charge on any atom is 0.136 e. The lowest BCUT2D eigenvalue weighted by atomic mass is 9.90. The fraction of sp³-hybridized carbons (Fsp3) is 0. The predicted octanol–water partition coefficient (Wildman–Crippen LogP) is 18.0. The third-order valence-electron chi connectivity index (χ3n) is 13.4. The van der Waals surface area contributed by atoms with Crippen LogP contribution in [0.4, 0.5) is 17.1 Å². The molecule has 0 aliphatic rings. The molecule has 0 aliphatic heterocycles. The minimum Gasteiger partial charge on any atom is -0.456 e. The molecule has 0 amide bonds. The van der Waals surface area contributed by atoms with E-state index in [-0.39, 0.29) is 0 Å². The second-order valence-corrected chi connectivity index (χ2v) is 17.2. The number of benzene rings is 11. The van der Waals surface area contributed by atoms with Crippen LogP contribution in [0.1, 0.15) is 0 Å². The fourth-order valence-electron chi connectivity index (χ4n) is 10.4. The number of aromatic nitrogens is 1. The quantitative estimate of drug-likeness (QED) is 0.152. The lowest BCUT2D eigenvalue weighted by Crippen LogP contribution is -2.12. The summed E-state index contributed by atoms with van der Waals surface area (Å²) < 4.78 is 8.86. The van der Waals surface area contributed by atoms with Crippen LogP contribution in [-0.2, 0) is 0 Å². The normalized spacial score (nSPS) is 11.6. The molecule has 0 atom stereocenters. The Bertz CT molecular complexity index is 3970. The van der Waals surface area contributed by atoms with Crippen LogP contribution >= 0.6 is 0 Å². The van der Waals surface area contributed by atoms with Crippen LogP contribution in [0, 0.1) is 0 Å². The molecule has 0 saturated heterocycles. The molecule has 0 radical (unpaired) electrons. The van der Waals surface area contributed by atoms with Gasteiger partial charge in [0.25, 0.3) is 0 Å². The molecule has 2 heterocycles. The summed E-state index contributed by atoms with van der Waals surface area (Å²) in [7, 11) is 0. The van der Waals surface area contributed by atoms with E-state index in [2.05, 4.69) is 252 Å². The molecule has 0 bridgehead atoms. The lowest BCUT2D eigenvalue weighted by molar-refractivity contribution is 0.669. The lowest BCUT2D eigenvalue weighted by Gasteiger charge is -2.30. The maximum absolute atomic E-state index is 6.47. The topological polar surface area (TPSA) is 21.3 Å². The van der Waals surface area contributed by atoms with Gasteiger partial charge in [0, 0.05) is 44.0 Å². The van der Waals surface area contributed by atoms with Crippen molar-refractivity contribution in [3.05, 3.63) is 255 Å². The Morgan fingerprint density at radius 1 is 0.313 bits per heavy atom. The third kappa shape index (κ3) is 6.43. The third-order valence-corrected chi connectivity index (χ3v) is 13.4. The Labute approximate surface area is 388 Å². The molecular weight excluding hydrogens is 813 g/mol. The number of fused-ring (bicyclic) bond motifs is 7. The molecular formula is C64H42N2O. The second-order valence-electron chi connectivity index (χ2n) is 17.2. The highest BCUT2D eigenvalue weighted by Gasteiger charge is 2.23. The molecule has 67 heavy (non-hydrogen) atoms. The summed E-state index contributed by atoms with van der Waals surface area (Å²) in [5.74, 6) is 0. The number of furan rings is 1. The van der Waals surface area contributed by atoms with Gasteiger partial charge in [0.1, 0.15) is 11.2 Å². The average Bonchev–Trinajstić information content (AvgIpc) is 3.95. The van der Waals surface area contributed by atoms with Gasteiger partial charge in [-0.15, -0.1) is 0 Å². The number of anilines is 3. The van der Waals surface area contributed by atoms with Gasteiger partial charge in [0.05, 0.1) is 22.4 Å². The van der Waals surface area contributed by atoms with Crippen LogP contribution in [0.25, 0.3) is 105 Å². The highest BCUT2D eigenvalue weighted by molar-refractivity contribution is 6.16. The van der Waals surface area contributed by atoms with Crippen molar-refractivity contribution in [2.45, 2.75) is 0 Å². The molecule has 11 aromatic carbocycles. The van der Waals surface area contributed by atoms with E-state index in [0.717, 1.165) is 66.9 Å². The van der Waals surface area contributed by atoms with E-state index in [1.807, 2.05) is 12.1 Å². The number of rotatable bonds is 8. The highest BCUT2D eigenvalue weighted by Crippen LogP contribution is 2.48. The van der Waals surface area contributed by atoms with E-state index in [0.29, 0.717) is 0 Å². The van der Waals surface area contributed by atoms with Gasteiger partial charge in [-0.3, -0.25) is 0 Å². The minimum atomic E-state index is 0.872. The second kappa shape index (κ2) is 16.0. The molecule has 0 fully saturated rings. The first-order chi connectivity index (χ1) is 33.3. The van der Waals surface area contributed by atoms with Crippen molar-refractivity contribution in [3.8, 4) is 50.2 Å². The molecule has 2 aromatic heterocycles. The molecule has 0 saturated carbocycles. The van der Waals surface area contributed by atoms with Crippen LogP contribution < -0.4 is 4.90 Å². The van der Waals surface area contributed by atoms with Crippen LogP contribution in [0.15, 0.2) is 259 Å². The zero-order valence-electron chi connectivity index (χ0n) is 36.6. The number of nitrogens with zero attached hydrogens (tertiary/aromatic N) is 2. The Morgan fingerprint density at radius 2 is 0.851 bits per heavy atom. The molecule has 0 aliphatic carbocycles. The van der Waals surface area contributed by atoms with Gasteiger partial charge in [0.15, 0.2) is 0 Å². The SMILES string of the molecule is c1ccc(-c2cccc3cccc(-c4ccccc4N(c4ccc(-c5cccc6c5c5ccccc5n6-c5ccccc5)cc4)c4ccccc4-c4ccc5c(c4)oc4ccccc45)c23)cc1. The van der Waals surface area contributed by atoms with Crippen molar-refractivity contribution in [2.75, 3.05) is 4.90 Å². The predicted molar refractivity (Wildman–Crippen MR) is 282 cm³/mol. The smallest absolute Gasteiger partial charge is 0.136 e. The molecule has 0 unspecified atom stereocenters. The monoisotopic (exact) mass is 854 g/mol. The minimum absolute atomic E-state index is 0.872. The van der Waals surface area contributed by atoms with E-state index in [1.54, 1.807) is 0 Å². The van der Waals surface area contributed by atoms with Crippen molar-refractivity contribution < 1.29 is 4.42 Å². The van der Waals surface area contributed by atoms with Crippen molar-refractivity contribution in [2.24, 2.45) is 0 Å². The summed E-state index contributed by atoms with van der Waals surface area (Å²) in [6, 6.07) is 92.0. The summed E-state index contributed by atoms with van der Waals surface area (Å²) in [5, 5.41) is 7.14. The Hall–Kier alpha value is -8.92. The summed E-state index contributed by atoms with van der Waals surface area (Å²) in [6.45, 7) is 0. The zero-order chi connectivity index (χ0) is 44.3. The number of hydrogen-bond donors (Lipinski definition) is 0. The van der Waals surface area contributed by atoms with Gasteiger partial charge < -0.3 is 13.9 Å². The van der Waals surface area contributed by atoms with Crippen LogP contribution in [0.5, 0.6) is 0 Å². The van der Waals surface area contributed by atoms with E-state index < -0.39 is 0 Å². The number of hydrogen-bond acceptors (Lipinski definition) is 2.